The van der Waals surface area contributed by atoms with Crippen molar-refractivity contribution in [2.45, 2.75) is 70.3 Å². The number of methoxy groups -OCH3 is 2. The van der Waals surface area contributed by atoms with Crippen molar-refractivity contribution in [3.63, 3.8) is 0 Å². The summed E-state index contributed by atoms with van der Waals surface area (Å²) in [5, 5.41) is 7.32. The van der Waals surface area contributed by atoms with Crippen LogP contribution in [-0.2, 0) is 25.7 Å². The third-order valence-corrected chi connectivity index (χ3v) is 12.2. The van der Waals surface area contributed by atoms with Gasteiger partial charge in [-0.1, -0.05) is 62.4 Å². The predicted octanol–water partition coefficient (Wildman–Crippen LogP) is 7.47. The van der Waals surface area contributed by atoms with Crippen molar-refractivity contribution >= 4 is 45.8 Å². The summed E-state index contributed by atoms with van der Waals surface area (Å²) in [4.78, 5) is 72.5. The molecule has 314 valence electrons. The van der Waals surface area contributed by atoms with Gasteiger partial charge in [0.15, 0.2) is 0 Å². The first-order valence-corrected chi connectivity index (χ1v) is 20.7. The van der Waals surface area contributed by atoms with E-state index in [1.165, 1.54) is 14.2 Å². The standard InChI is InChI=1S/C46H48N8O7/c1-25(2)37(51-45(57)59-3)43(55)53-20-8-12-35(53)41-47-23-34(49-41)27-14-15-29-28(22-27)24-61-40-31(29)17-16-30-32(40)18-19-33-39(30)50-42(48-33)36-13-9-21-54(36)44(56)38(52-46(58)60-4)26-10-6-5-7-11-26/h5-7,10-11,14-19,22-23,25,35-38H,8-9,12-13,20-21,24H2,1-4H3,(H,47,49)(H,48,50)(H,51,57)(H,52,58)/t35-,36-,37-,38?/m0/s1. The van der Waals surface area contributed by atoms with Crippen LogP contribution in [0.25, 0.3) is 44.2 Å². The number of carbonyl (C=O) groups excluding carboxylic acids is 4. The van der Waals surface area contributed by atoms with E-state index in [4.69, 9.17) is 24.2 Å². The Kier molecular flexibility index (Phi) is 10.6. The van der Waals surface area contributed by atoms with Crippen LogP contribution in [0.5, 0.6) is 5.75 Å². The number of nitrogens with one attached hydrogen (secondary N) is 4. The van der Waals surface area contributed by atoms with Crippen molar-refractivity contribution in [1.82, 2.24) is 40.4 Å². The van der Waals surface area contributed by atoms with Crippen molar-refractivity contribution in [3.8, 4) is 28.1 Å². The number of ether oxygens (including phenoxy) is 3. The predicted molar refractivity (Wildman–Crippen MR) is 227 cm³/mol. The molecule has 0 saturated carbocycles. The molecule has 15 nitrogen and oxygen atoms in total. The molecule has 0 radical (unpaired) electrons. The molecule has 0 spiro atoms. The number of amides is 4. The number of carbonyl (C=O) groups is 4. The second kappa shape index (κ2) is 16.3. The van der Waals surface area contributed by atoms with Crippen molar-refractivity contribution < 1.29 is 33.4 Å². The molecule has 15 heteroatoms. The van der Waals surface area contributed by atoms with Gasteiger partial charge in [0, 0.05) is 29.4 Å². The molecular formula is C46H48N8O7. The lowest BCUT2D eigenvalue weighted by atomic mass is 9.92. The number of hydrogen-bond acceptors (Lipinski definition) is 9. The summed E-state index contributed by atoms with van der Waals surface area (Å²) in [5.41, 5.74) is 7.22. The summed E-state index contributed by atoms with van der Waals surface area (Å²) in [6.07, 6.45) is 3.63. The highest BCUT2D eigenvalue weighted by Gasteiger charge is 2.39. The van der Waals surface area contributed by atoms with Gasteiger partial charge in [0.25, 0.3) is 5.91 Å². The fraction of sp³-hybridized carbons (Fsp3) is 0.348. The van der Waals surface area contributed by atoms with Gasteiger partial charge in [-0.05, 0) is 78.1 Å². The van der Waals surface area contributed by atoms with Gasteiger partial charge in [-0.3, -0.25) is 9.59 Å². The van der Waals surface area contributed by atoms with E-state index in [1.807, 2.05) is 55.1 Å². The van der Waals surface area contributed by atoms with Gasteiger partial charge in [0.05, 0.1) is 49.2 Å². The van der Waals surface area contributed by atoms with E-state index in [-0.39, 0.29) is 29.8 Å². The number of benzene rings is 4. The molecule has 1 unspecified atom stereocenters. The van der Waals surface area contributed by atoms with Crippen LogP contribution in [0, 0.1) is 5.92 Å². The lowest BCUT2D eigenvalue weighted by Gasteiger charge is -2.30. The highest BCUT2D eigenvalue weighted by Crippen LogP contribution is 2.45. The first-order chi connectivity index (χ1) is 29.6. The van der Waals surface area contributed by atoms with Crippen LogP contribution in [0.2, 0.25) is 0 Å². The van der Waals surface area contributed by atoms with Crippen molar-refractivity contribution in [2.75, 3.05) is 27.3 Å². The molecule has 4 aromatic carbocycles. The average molecular weight is 825 g/mol. The normalized spacial score (nSPS) is 18.0. The zero-order valence-electron chi connectivity index (χ0n) is 34.5. The molecule has 61 heavy (non-hydrogen) atoms. The first-order valence-electron chi connectivity index (χ1n) is 20.7. The molecule has 4 atom stereocenters. The summed E-state index contributed by atoms with van der Waals surface area (Å²) < 4.78 is 16.2. The Morgan fingerprint density at radius 3 is 2.21 bits per heavy atom. The van der Waals surface area contributed by atoms with Gasteiger partial charge in [-0.2, -0.15) is 0 Å². The fourth-order valence-electron chi connectivity index (χ4n) is 9.12. The SMILES string of the molecule is COC(=O)NC(C(=O)N1CCC[C@H]1c1nc2c(ccc3c4c(ccc32)-c2ccc(-c3cnc([C@@H]5CCCN5C(=O)[C@@H](NC(=O)OC)C(C)C)[nH]3)cc2CO4)[nH]1)c1ccccc1. The maximum Gasteiger partial charge on any atom is 0.407 e. The summed E-state index contributed by atoms with van der Waals surface area (Å²) >= 11 is 0. The molecule has 3 aliphatic rings. The lowest BCUT2D eigenvalue weighted by molar-refractivity contribution is -0.135. The van der Waals surface area contributed by atoms with Crippen molar-refractivity contribution in [1.29, 1.82) is 0 Å². The van der Waals surface area contributed by atoms with E-state index in [0.29, 0.717) is 36.9 Å². The minimum atomic E-state index is -0.902. The smallest absolute Gasteiger partial charge is 0.407 e. The van der Waals surface area contributed by atoms with Crippen LogP contribution in [0.15, 0.2) is 79.0 Å². The minimum absolute atomic E-state index is 0.120. The summed E-state index contributed by atoms with van der Waals surface area (Å²) in [6, 6.07) is 21.6. The third kappa shape index (κ3) is 7.27. The molecular weight excluding hydrogens is 777 g/mol. The Balaban J connectivity index is 0.959. The van der Waals surface area contributed by atoms with Gasteiger partial charge in [-0.25, -0.2) is 19.6 Å². The Morgan fingerprint density at radius 2 is 1.48 bits per heavy atom. The number of likely N-dealkylation sites (tertiary alicyclic amines) is 2. The number of fused-ring (bicyclic) bond motifs is 7. The van der Waals surface area contributed by atoms with E-state index in [9.17, 15) is 19.2 Å². The Bertz CT molecular complexity index is 2660. The maximum atomic E-state index is 14.1. The molecule has 3 aliphatic heterocycles. The quantitative estimate of drug-likeness (QED) is 0.115. The first kappa shape index (κ1) is 39.6. The molecule has 0 bridgehead atoms. The molecule has 2 aromatic heterocycles. The second-order valence-electron chi connectivity index (χ2n) is 16.2. The van der Waals surface area contributed by atoms with Crippen LogP contribution in [0.3, 0.4) is 0 Å². The topological polar surface area (TPSA) is 184 Å². The molecule has 0 aliphatic carbocycles. The van der Waals surface area contributed by atoms with E-state index < -0.39 is 24.3 Å². The molecule has 2 fully saturated rings. The van der Waals surface area contributed by atoms with Gasteiger partial charge in [0.1, 0.15) is 36.1 Å². The second-order valence-corrected chi connectivity index (χ2v) is 16.2. The lowest BCUT2D eigenvalue weighted by Crippen LogP contribution is -2.51. The Labute approximate surface area is 352 Å². The molecule has 4 N–H and O–H groups in total. The van der Waals surface area contributed by atoms with Crippen molar-refractivity contribution in [3.05, 3.63) is 102 Å². The number of alkyl carbamates (subject to hydrolysis) is 2. The summed E-state index contributed by atoms with van der Waals surface area (Å²) in [7, 11) is 2.57. The monoisotopic (exact) mass is 824 g/mol. The molecule has 5 heterocycles. The number of nitrogens with zero attached hydrogens (tertiary/aromatic N) is 4. The molecule has 9 rings (SSSR count). The number of H-pyrrole nitrogens is 2. The van der Waals surface area contributed by atoms with Gasteiger partial charge in [0.2, 0.25) is 5.91 Å². The fourth-order valence-corrected chi connectivity index (χ4v) is 9.12. The van der Waals surface area contributed by atoms with Gasteiger partial charge < -0.3 is 44.6 Å². The van der Waals surface area contributed by atoms with Crippen LogP contribution < -0.4 is 15.4 Å². The van der Waals surface area contributed by atoms with Crippen molar-refractivity contribution in [2.24, 2.45) is 5.92 Å². The highest BCUT2D eigenvalue weighted by molar-refractivity contribution is 6.09. The zero-order chi connectivity index (χ0) is 42.4. The molecule has 6 aromatic rings. The number of aromatic nitrogens is 4. The van der Waals surface area contributed by atoms with E-state index in [2.05, 4.69) is 57.0 Å². The summed E-state index contributed by atoms with van der Waals surface area (Å²) in [5.74, 6) is 1.70. The van der Waals surface area contributed by atoms with Gasteiger partial charge >= 0.3 is 12.2 Å². The number of aromatic amines is 2. The van der Waals surface area contributed by atoms with Crippen LogP contribution in [0.1, 0.15) is 80.4 Å². The molecule has 4 amide bonds. The highest BCUT2D eigenvalue weighted by atomic mass is 16.5. The third-order valence-electron chi connectivity index (χ3n) is 12.2. The number of rotatable bonds is 9. The largest absolute Gasteiger partial charge is 0.488 e. The van der Waals surface area contributed by atoms with Gasteiger partial charge in [-0.15, -0.1) is 0 Å². The average Bonchev–Trinajstić information content (AvgIpc) is 4.13. The number of imidazole rings is 2. The summed E-state index contributed by atoms with van der Waals surface area (Å²) in [6.45, 7) is 5.29. The Morgan fingerprint density at radius 1 is 0.787 bits per heavy atom. The van der Waals surface area contributed by atoms with Crippen LogP contribution in [-0.4, -0.2) is 87.1 Å². The Hall–Kier alpha value is -6.90. The minimum Gasteiger partial charge on any atom is -0.488 e. The zero-order valence-corrected chi connectivity index (χ0v) is 34.5. The molecule has 2 saturated heterocycles. The van der Waals surface area contributed by atoms with E-state index in [0.717, 1.165) is 81.2 Å². The number of hydrogen-bond donors (Lipinski definition) is 4. The van der Waals surface area contributed by atoms with E-state index in [1.54, 1.807) is 11.1 Å². The van der Waals surface area contributed by atoms with E-state index >= 15 is 0 Å². The maximum absolute atomic E-state index is 14.1. The van der Waals surface area contributed by atoms with Crippen LogP contribution >= 0.6 is 0 Å². The van der Waals surface area contributed by atoms with Crippen LogP contribution in [0.4, 0.5) is 9.59 Å².